The fraction of sp³-hybridized carbons (Fsp3) is 0.586. The summed E-state index contributed by atoms with van der Waals surface area (Å²) in [4.78, 5) is 0. The minimum atomic E-state index is 0. The second-order valence-electron chi connectivity index (χ2n) is 10.5. The highest BCUT2D eigenvalue weighted by molar-refractivity contribution is 5.14. The predicted molar refractivity (Wildman–Crippen MR) is 132 cm³/mol. The molecule has 0 N–H and O–H groups in total. The number of halogens is 2. The van der Waals surface area contributed by atoms with Crippen molar-refractivity contribution in [2.24, 2.45) is 0 Å². The normalized spacial score (nSPS) is 19.2. The summed E-state index contributed by atoms with van der Waals surface area (Å²) in [6, 6.07) is 22.5. The lowest BCUT2D eigenvalue weighted by Gasteiger charge is -2.43. The standard InChI is InChI=1S/C29H44N2.2HI/c1-6-16-28(17-7-1)26-30(20-10-3-11-21-30)24-14-5-15-25-31(22-12-4-13-23-31)27-29-18-8-2-9-19-29;;/h1-2,6-9,16-19H,3-5,10-15,20-27H2;2*1H/q+2;;/p-2. The van der Waals surface area contributed by atoms with Crippen molar-refractivity contribution in [3.05, 3.63) is 71.8 Å². The van der Waals surface area contributed by atoms with Crippen molar-refractivity contribution in [2.75, 3.05) is 39.3 Å². The lowest BCUT2D eigenvalue weighted by molar-refractivity contribution is -0.947. The van der Waals surface area contributed by atoms with E-state index in [2.05, 4.69) is 60.7 Å². The van der Waals surface area contributed by atoms with Gasteiger partial charge in [-0.2, -0.15) is 0 Å². The average molecular weight is 674 g/mol. The molecule has 0 amide bonds. The number of hydrogen-bond acceptors (Lipinski definition) is 0. The van der Waals surface area contributed by atoms with Crippen molar-refractivity contribution in [1.29, 1.82) is 0 Å². The summed E-state index contributed by atoms with van der Waals surface area (Å²) in [6.45, 7) is 10.8. The molecule has 4 heteroatoms. The van der Waals surface area contributed by atoms with E-state index < -0.39 is 0 Å². The second-order valence-corrected chi connectivity index (χ2v) is 10.5. The smallest absolute Gasteiger partial charge is 0.104 e. The molecule has 2 nitrogen and oxygen atoms in total. The second kappa shape index (κ2) is 15.0. The van der Waals surface area contributed by atoms with Crippen LogP contribution in [0.15, 0.2) is 60.7 Å². The van der Waals surface area contributed by atoms with E-state index in [0.29, 0.717) is 0 Å². The van der Waals surface area contributed by atoms with Crippen molar-refractivity contribution < 1.29 is 56.9 Å². The molecule has 2 fully saturated rings. The van der Waals surface area contributed by atoms with E-state index in [0.717, 1.165) is 0 Å². The first-order valence-corrected chi connectivity index (χ1v) is 13.1. The van der Waals surface area contributed by atoms with Gasteiger partial charge in [0.15, 0.2) is 0 Å². The monoisotopic (exact) mass is 674 g/mol. The Morgan fingerprint density at radius 3 is 1.18 bits per heavy atom. The molecular formula is C29H44I2N2. The molecule has 0 radical (unpaired) electrons. The Morgan fingerprint density at radius 1 is 0.455 bits per heavy atom. The maximum atomic E-state index is 2.34. The summed E-state index contributed by atoms with van der Waals surface area (Å²) in [6.07, 6.45) is 12.8. The summed E-state index contributed by atoms with van der Waals surface area (Å²) >= 11 is 0. The van der Waals surface area contributed by atoms with E-state index in [-0.39, 0.29) is 48.0 Å². The Morgan fingerprint density at radius 2 is 0.818 bits per heavy atom. The molecule has 4 rings (SSSR count). The highest BCUT2D eigenvalue weighted by Crippen LogP contribution is 2.26. The van der Waals surface area contributed by atoms with E-state index in [9.17, 15) is 0 Å². The molecule has 0 aromatic heterocycles. The summed E-state index contributed by atoms with van der Waals surface area (Å²) in [5.74, 6) is 0. The van der Waals surface area contributed by atoms with Crippen molar-refractivity contribution in [1.82, 2.24) is 0 Å². The molecule has 2 heterocycles. The highest BCUT2D eigenvalue weighted by Gasteiger charge is 2.31. The third-order valence-corrected chi connectivity index (χ3v) is 8.02. The molecule has 2 saturated heterocycles. The topological polar surface area (TPSA) is 0 Å². The molecule has 0 unspecified atom stereocenters. The molecule has 0 bridgehead atoms. The minimum absolute atomic E-state index is 0. The SMILES string of the molecule is [I-].[I-].c1ccc(C[N+]2(CCCCC[N+]3(Cc4ccccc4)CCCCC3)CCCCC2)cc1. The zero-order valence-electron chi connectivity index (χ0n) is 20.4. The van der Waals surface area contributed by atoms with Crippen LogP contribution in [0.4, 0.5) is 0 Å². The number of rotatable bonds is 10. The van der Waals surface area contributed by atoms with Crippen LogP contribution in [0.3, 0.4) is 0 Å². The molecule has 0 saturated carbocycles. The Labute approximate surface area is 237 Å². The van der Waals surface area contributed by atoms with Gasteiger partial charge in [-0.15, -0.1) is 0 Å². The van der Waals surface area contributed by atoms with Gasteiger partial charge >= 0.3 is 0 Å². The van der Waals surface area contributed by atoms with Crippen LogP contribution in [0.2, 0.25) is 0 Å². The summed E-state index contributed by atoms with van der Waals surface area (Å²) in [5.41, 5.74) is 3.06. The van der Waals surface area contributed by atoms with Crippen molar-refractivity contribution in [3.63, 3.8) is 0 Å². The van der Waals surface area contributed by atoms with Gasteiger partial charge in [-0.1, -0.05) is 60.7 Å². The number of nitrogens with zero attached hydrogens (tertiary/aromatic N) is 2. The summed E-state index contributed by atoms with van der Waals surface area (Å²) in [7, 11) is 0. The van der Waals surface area contributed by atoms with Crippen molar-refractivity contribution >= 4 is 0 Å². The van der Waals surface area contributed by atoms with Gasteiger partial charge in [0.1, 0.15) is 13.1 Å². The van der Waals surface area contributed by atoms with Gasteiger partial charge in [-0.25, -0.2) is 0 Å². The molecule has 2 aromatic rings. The largest absolute Gasteiger partial charge is 1.00 e. The molecule has 2 aromatic carbocycles. The number of likely N-dealkylation sites (tertiary alicyclic amines) is 2. The number of quaternary nitrogens is 2. The summed E-state index contributed by atoms with van der Waals surface area (Å²) < 4.78 is 2.68. The van der Waals surface area contributed by atoms with Crippen LogP contribution in [0.5, 0.6) is 0 Å². The quantitative estimate of drug-likeness (QED) is 0.197. The molecule has 0 aliphatic carbocycles. The molecule has 2 aliphatic rings. The molecule has 2 aliphatic heterocycles. The van der Waals surface area contributed by atoms with Gasteiger partial charge in [0, 0.05) is 11.1 Å². The van der Waals surface area contributed by atoms with Crippen LogP contribution < -0.4 is 48.0 Å². The van der Waals surface area contributed by atoms with Gasteiger partial charge < -0.3 is 56.9 Å². The zero-order valence-corrected chi connectivity index (χ0v) is 24.8. The Hall–Kier alpha value is -0.180. The van der Waals surface area contributed by atoms with Crippen LogP contribution in [0.25, 0.3) is 0 Å². The van der Waals surface area contributed by atoms with Crippen LogP contribution in [0, 0.1) is 0 Å². The summed E-state index contributed by atoms with van der Waals surface area (Å²) in [5, 5.41) is 0. The van der Waals surface area contributed by atoms with Crippen molar-refractivity contribution in [2.45, 2.75) is 70.9 Å². The van der Waals surface area contributed by atoms with Crippen LogP contribution in [0.1, 0.15) is 68.9 Å². The number of hydrogen-bond donors (Lipinski definition) is 0. The van der Waals surface area contributed by atoms with E-state index >= 15 is 0 Å². The van der Waals surface area contributed by atoms with E-state index in [1.165, 1.54) is 130 Å². The van der Waals surface area contributed by atoms with E-state index in [1.54, 1.807) is 0 Å². The van der Waals surface area contributed by atoms with Crippen LogP contribution in [-0.2, 0) is 13.1 Å². The fourth-order valence-corrected chi connectivity index (χ4v) is 6.30. The average Bonchev–Trinajstić information content (AvgIpc) is 2.81. The van der Waals surface area contributed by atoms with Gasteiger partial charge in [-0.05, 0) is 57.8 Å². The molecule has 184 valence electrons. The zero-order chi connectivity index (χ0) is 21.2. The highest BCUT2D eigenvalue weighted by atomic mass is 127. The Kier molecular flexibility index (Phi) is 13.2. The maximum Gasteiger partial charge on any atom is 0.104 e. The van der Waals surface area contributed by atoms with Gasteiger partial charge in [0.25, 0.3) is 0 Å². The third-order valence-electron chi connectivity index (χ3n) is 8.02. The van der Waals surface area contributed by atoms with Crippen LogP contribution in [-0.4, -0.2) is 48.2 Å². The van der Waals surface area contributed by atoms with Gasteiger partial charge in [-0.3, -0.25) is 0 Å². The first-order valence-electron chi connectivity index (χ1n) is 13.1. The lowest BCUT2D eigenvalue weighted by Crippen LogP contribution is -3.00. The fourth-order valence-electron chi connectivity index (χ4n) is 6.30. The Bertz CT molecular complexity index is 688. The van der Waals surface area contributed by atoms with Gasteiger partial charge in [0.2, 0.25) is 0 Å². The molecular weight excluding hydrogens is 630 g/mol. The van der Waals surface area contributed by atoms with Gasteiger partial charge in [0.05, 0.1) is 39.3 Å². The molecule has 33 heavy (non-hydrogen) atoms. The molecule has 0 atom stereocenters. The third kappa shape index (κ3) is 9.08. The van der Waals surface area contributed by atoms with Crippen molar-refractivity contribution in [3.8, 4) is 0 Å². The first-order chi connectivity index (χ1) is 15.3. The Balaban J connectivity index is 0.00000193. The minimum Gasteiger partial charge on any atom is -1.00 e. The van der Waals surface area contributed by atoms with E-state index in [1.807, 2.05) is 0 Å². The maximum absolute atomic E-state index is 2.34. The molecule has 0 spiro atoms. The first kappa shape index (κ1) is 29.1. The predicted octanol–water partition coefficient (Wildman–Crippen LogP) is 0.567. The van der Waals surface area contributed by atoms with E-state index in [4.69, 9.17) is 0 Å². The number of unbranched alkanes of at least 4 members (excludes halogenated alkanes) is 2. The number of benzene rings is 2. The van der Waals surface area contributed by atoms with Crippen LogP contribution >= 0.6 is 0 Å². The lowest BCUT2D eigenvalue weighted by atomic mass is 10.0. The number of piperidine rings is 2.